The molecule has 2 aromatic carbocycles. The summed E-state index contributed by atoms with van der Waals surface area (Å²) in [7, 11) is 2.05. The number of nitrogens with one attached hydrogen (secondary N) is 2. The molecule has 0 bridgehead atoms. The first-order chi connectivity index (χ1) is 13.0. The summed E-state index contributed by atoms with van der Waals surface area (Å²) in [6, 6.07) is 17.2. The Balaban J connectivity index is 1.39. The highest BCUT2D eigenvalue weighted by Crippen LogP contribution is 2.38. The molecule has 0 aromatic heterocycles. The van der Waals surface area contributed by atoms with Crippen molar-refractivity contribution in [1.29, 1.82) is 0 Å². The van der Waals surface area contributed by atoms with Crippen LogP contribution in [0.1, 0.15) is 30.1 Å². The van der Waals surface area contributed by atoms with E-state index < -0.39 is 0 Å². The molecule has 2 amide bonds. The minimum absolute atomic E-state index is 0.0715. The second kappa shape index (κ2) is 8.71. The van der Waals surface area contributed by atoms with Crippen LogP contribution in [0.3, 0.4) is 0 Å². The summed E-state index contributed by atoms with van der Waals surface area (Å²) in [5.41, 5.74) is 2.51. The van der Waals surface area contributed by atoms with Crippen LogP contribution < -0.4 is 15.5 Å². The van der Waals surface area contributed by atoms with E-state index in [0.717, 1.165) is 25.1 Å². The normalized spacial score (nSPS) is 17.9. The molecule has 0 radical (unpaired) electrons. The van der Waals surface area contributed by atoms with Crippen LogP contribution in [0.5, 0.6) is 0 Å². The summed E-state index contributed by atoms with van der Waals surface area (Å²) in [5.74, 6) is 0.603. The first-order valence-corrected chi connectivity index (χ1v) is 9.50. The van der Waals surface area contributed by atoms with Gasteiger partial charge >= 0.3 is 0 Å². The maximum atomic E-state index is 12.2. The minimum atomic E-state index is -0.0916. The Hall–Kier alpha value is -2.82. The maximum Gasteiger partial charge on any atom is 0.251 e. The third-order valence-corrected chi connectivity index (χ3v) is 5.01. The SMILES string of the molecule is CC1CC1C(=O)Nc1ccc(C(=O)NCCCN(C)c2ccccc2)cc1. The van der Waals surface area contributed by atoms with E-state index in [1.54, 1.807) is 24.3 Å². The van der Waals surface area contributed by atoms with Gasteiger partial charge in [0.05, 0.1) is 0 Å². The second-order valence-electron chi connectivity index (χ2n) is 7.25. The van der Waals surface area contributed by atoms with Crippen LogP contribution >= 0.6 is 0 Å². The number of hydrogen-bond donors (Lipinski definition) is 2. The number of para-hydroxylation sites is 1. The molecule has 5 heteroatoms. The van der Waals surface area contributed by atoms with Crippen LogP contribution in [0.15, 0.2) is 54.6 Å². The second-order valence-corrected chi connectivity index (χ2v) is 7.25. The highest BCUT2D eigenvalue weighted by atomic mass is 16.2. The lowest BCUT2D eigenvalue weighted by molar-refractivity contribution is -0.117. The molecule has 1 saturated carbocycles. The zero-order valence-electron chi connectivity index (χ0n) is 15.9. The van der Waals surface area contributed by atoms with Gasteiger partial charge in [-0.2, -0.15) is 0 Å². The molecule has 2 atom stereocenters. The largest absolute Gasteiger partial charge is 0.375 e. The molecule has 1 aliphatic carbocycles. The number of benzene rings is 2. The quantitative estimate of drug-likeness (QED) is 0.704. The predicted molar refractivity (Wildman–Crippen MR) is 109 cm³/mol. The summed E-state index contributed by atoms with van der Waals surface area (Å²) in [6.07, 6.45) is 1.83. The van der Waals surface area contributed by atoms with Crippen molar-refractivity contribution in [3.63, 3.8) is 0 Å². The molecule has 0 heterocycles. The third-order valence-electron chi connectivity index (χ3n) is 5.01. The monoisotopic (exact) mass is 365 g/mol. The molecule has 5 nitrogen and oxygen atoms in total. The molecule has 142 valence electrons. The van der Waals surface area contributed by atoms with Crippen LogP contribution in [0.4, 0.5) is 11.4 Å². The average molecular weight is 365 g/mol. The first-order valence-electron chi connectivity index (χ1n) is 9.50. The van der Waals surface area contributed by atoms with E-state index in [2.05, 4.69) is 34.6 Å². The van der Waals surface area contributed by atoms with E-state index in [-0.39, 0.29) is 17.7 Å². The highest BCUT2D eigenvalue weighted by molar-refractivity contribution is 5.96. The minimum Gasteiger partial charge on any atom is -0.375 e. The topological polar surface area (TPSA) is 61.4 Å². The molecule has 27 heavy (non-hydrogen) atoms. The van der Waals surface area contributed by atoms with Gasteiger partial charge in [0.1, 0.15) is 0 Å². The standard InChI is InChI=1S/C22H27N3O2/c1-16-15-20(16)22(27)24-18-11-9-17(10-12-18)21(26)23-13-6-14-25(2)19-7-4-3-5-8-19/h3-5,7-12,16,20H,6,13-15H2,1-2H3,(H,23,26)(H,24,27). The van der Waals surface area contributed by atoms with Crippen LogP contribution in [-0.4, -0.2) is 32.0 Å². The van der Waals surface area contributed by atoms with E-state index in [0.29, 0.717) is 18.0 Å². The van der Waals surface area contributed by atoms with Crippen molar-refractivity contribution in [3.8, 4) is 0 Å². The molecule has 1 aliphatic rings. The van der Waals surface area contributed by atoms with Gasteiger partial charge in [0.15, 0.2) is 0 Å². The predicted octanol–water partition coefficient (Wildman–Crippen LogP) is 3.54. The fourth-order valence-corrected chi connectivity index (χ4v) is 3.06. The molecular formula is C22H27N3O2. The Bertz CT molecular complexity index is 774. The maximum absolute atomic E-state index is 12.2. The fourth-order valence-electron chi connectivity index (χ4n) is 3.06. The van der Waals surface area contributed by atoms with Gasteiger partial charge in [-0.15, -0.1) is 0 Å². The number of nitrogens with zero attached hydrogens (tertiary/aromatic N) is 1. The van der Waals surface area contributed by atoms with Crippen molar-refractivity contribution in [2.75, 3.05) is 30.4 Å². The zero-order chi connectivity index (χ0) is 19.2. The molecule has 2 unspecified atom stereocenters. The number of carbonyl (C=O) groups is 2. The summed E-state index contributed by atoms with van der Waals surface area (Å²) < 4.78 is 0. The number of rotatable bonds is 8. The van der Waals surface area contributed by atoms with Gasteiger partial charge in [-0.3, -0.25) is 9.59 Å². The molecular weight excluding hydrogens is 338 g/mol. The van der Waals surface area contributed by atoms with Crippen molar-refractivity contribution in [2.45, 2.75) is 19.8 Å². The van der Waals surface area contributed by atoms with Crippen molar-refractivity contribution in [1.82, 2.24) is 5.32 Å². The molecule has 0 saturated heterocycles. The van der Waals surface area contributed by atoms with Crippen LogP contribution in [0.2, 0.25) is 0 Å². The van der Waals surface area contributed by atoms with Gasteiger partial charge in [0.2, 0.25) is 5.91 Å². The van der Waals surface area contributed by atoms with E-state index in [4.69, 9.17) is 0 Å². The smallest absolute Gasteiger partial charge is 0.251 e. The van der Waals surface area contributed by atoms with Gasteiger partial charge in [-0.05, 0) is 55.2 Å². The Labute approximate surface area is 160 Å². The van der Waals surface area contributed by atoms with Crippen LogP contribution in [0, 0.1) is 11.8 Å². The van der Waals surface area contributed by atoms with Gasteiger partial charge in [-0.1, -0.05) is 25.1 Å². The van der Waals surface area contributed by atoms with Gasteiger partial charge < -0.3 is 15.5 Å². The fraction of sp³-hybridized carbons (Fsp3) is 0.364. The lowest BCUT2D eigenvalue weighted by Gasteiger charge is -2.19. The molecule has 2 aromatic rings. The van der Waals surface area contributed by atoms with E-state index >= 15 is 0 Å². The molecule has 1 fully saturated rings. The summed E-state index contributed by atoms with van der Waals surface area (Å²) in [4.78, 5) is 26.4. The van der Waals surface area contributed by atoms with Crippen molar-refractivity contribution >= 4 is 23.2 Å². The Kier molecular flexibility index (Phi) is 6.12. The van der Waals surface area contributed by atoms with E-state index in [9.17, 15) is 9.59 Å². The highest BCUT2D eigenvalue weighted by Gasteiger charge is 2.39. The summed E-state index contributed by atoms with van der Waals surface area (Å²) in [6.45, 7) is 3.57. The van der Waals surface area contributed by atoms with Crippen LogP contribution in [0.25, 0.3) is 0 Å². The molecule has 0 spiro atoms. The zero-order valence-corrected chi connectivity index (χ0v) is 15.9. The van der Waals surface area contributed by atoms with E-state index in [1.165, 1.54) is 5.69 Å². The van der Waals surface area contributed by atoms with Crippen molar-refractivity contribution in [2.24, 2.45) is 11.8 Å². The molecule has 0 aliphatic heterocycles. The Morgan fingerprint density at radius 3 is 2.37 bits per heavy atom. The molecule has 3 rings (SSSR count). The number of hydrogen-bond acceptors (Lipinski definition) is 3. The van der Waals surface area contributed by atoms with Crippen molar-refractivity contribution < 1.29 is 9.59 Å². The van der Waals surface area contributed by atoms with E-state index in [1.807, 2.05) is 25.2 Å². The van der Waals surface area contributed by atoms with Crippen molar-refractivity contribution in [3.05, 3.63) is 60.2 Å². The average Bonchev–Trinajstić information content (AvgIpc) is 3.43. The lowest BCUT2D eigenvalue weighted by atomic mass is 10.2. The van der Waals surface area contributed by atoms with Gasteiger partial charge in [0.25, 0.3) is 5.91 Å². The lowest BCUT2D eigenvalue weighted by Crippen LogP contribution is -2.28. The number of amides is 2. The Morgan fingerprint density at radius 1 is 1.07 bits per heavy atom. The van der Waals surface area contributed by atoms with Crippen LogP contribution in [-0.2, 0) is 4.79 Å². The molecule has 2 N–H and O–H groups in total. The first kappa shape index (κ1) is 19.0. The Morgan fingerprint density at radius 2 is 1.74 bits per heavy atom. The number of anilines is 2. The summed E-state index contributed by atoms with van der Waals surface area (Å²) >= 11 is 0. The third kappa shape index (κ3) is 5.33. The van der Waals surface area contributed by atoms with Gasteiger partial charge in [0, 0.05) is 43.0 Å². The number of carbonyl (C=O) groups excluding carboxylic acids is 2. The summed E-state index contributed by atoms with van der Waals surface area (Å²) in [5, 5.41) is 5.85. The van der Waals surface area contributed by atoms with Gasteiger partial charge in [-0.25, -0.2) is 0 Å².